The van der Waals surface area contributed by atoms with E-state index < -0.39 is 188 Å². The number of hydrogen-bond acceptors (Lipinski definition) is 20. The van der Waals surface area contributed by atoms with E-state index in [9.17, 15) is 82.4 Å². The van der Waals surface area contributed by atoms with Crippen LogP contribution in [0.15, 0.2) is 49.6 Å². The first kappa shape index (κ1) is 79.2. The Hall–Kier alpha value is -8.85. The minimum Gasteiger partial charge on any atom is -0.508 e. The number of primary amides is 1. The van der Waals surface area contributed by atoms with Crippen molar-refractivity contribution in [2.75, 3.05) is 39.5 Å². The first-order valence-corrected chi connectivity index (χ1v) is 29.2. The van der Waals surface area contributed by atoms with Crippen LogP contribution in [0.5, 0.6) is 5.75 Å². The van der Waals surface area contributed by atoms with Crippen molar-refractivity contribution in [3.05, 3.63) is 55.1 Å². The van der Waals surface area contributed by atoms with Crippen molar-refractivity contribution in [2.45, 2.75) is 166 Å². The van der Waals surface area contributed by atoms with Crippen LogP contribution in [0.2, 0.25) is 0 Å². The molecule has 1 rings (SSSR count). The van der Waals surface area contributed by atoms with Crippen LogP contribution in [0.3, 0.4) is 0 Å². The molecule has 0 aliphatic carbocycles. The molecule has 0 unspecified atom stereocenters. The number of aromatic hydroxyl groups is 1. The number of nitrogens with two attached hydrogens (primary N) is 1. The summed E-state index contributed by atoms with van der Waals surface area (Å²) in [6.45, 7) is 14.6. The quantitative estimate of drug-likeness (QED) is 0.0104. The fraction of sp³-hybridized carbons (Fsp3) is 0.579. The zero-order valence-corrected chi connectivity index (χ0v) is 52.5. The SMILES string of the molecule is C=CCOC(=O)CC[C@H](NC(=O)[C@H](CC(C)C)NC(=O)[C@H](Cc1ccc(O)cc1)NC(=O)[C@H](CO)NC(=O)[C@H](CO)NC(=O)OC(C)(C)C)C(=O)NCC(=O)N[C@@H](CCC(N)=O)C(=O)N[C@@H](C)C(=O)N[C@@H](C)C(=O)N[C@@H](CCCCNC(=O)OCC=C)C(=O)S. The molecule has 33 heteroatoms. The molecule has 0 heterocycles. The van der Waals surface area contributed by atoms with Crippen molar-refractivity contribution in [3.63, 3.8) is 0 Å². The van der Waals surface area contributed by atoms with Gasteiger partial charge in [-0.1, -0.05) is 51.3 Å². The molecule has 1 aromatic carbocycles. The van der Waals surface area contributed by atoms with E-state index in [4.69, 9.17) is 19.9 Å². The van der Waals surface area contributed by atoms with E-state index in [1.54, 1.807) is 34.6 Å². The third-order valence-corrected chi connectivity index (χ3v) is 12.7. The minimum atomic E-state index is -1.79. The van der Waals surface area contributed by atoms with Crippen LogP contribution in [-0.2, 0) is 78.2 Å². The van der Waals surface area contributed by atoms with E-state index in [0.717, 1.165) is 0 Å². The summed E-state index contributed by atoms with van der Waals surface area (Å²) in [5.74, 6) is -11.3. The highest BCUT2D eigenvalue weighted by Gasteiger charge is 2.35. The lowest BCUT2D eigenvalue weighted by Crippen LogP contribution is -2.60. The lowest BCUT2D eigenvalue weighted by atomic mass is 10.00. The zero-order chi connectivity index (χ0) is 68.3. The Morgan fingerprint density at radius 1 is 0.556 bits per heavy atom. The van der Waals surface area contributed by atoms with Crippen molar-refractivity contribution < 1.29 is 96.7 Å². The van der Waals surface area contributed by atoms with Gasteiger partial charge in [0.15, 0.2) is 0 Å². The molecular formula is C57H88N12O20S. The molecule has 1 aromatic rings. The Morgan fingerprint density at radius 2 is 1.03 bits per heavy atom. The Bertz CT molecular complexity index is 2660. The fourth-order valence-corrected chi connectivity index (χ4v) is 7.93. The predicted octanol–water partition coefficient (Wildman–Crippen LogP) is -2.79. The predicted molar refractivity (Wildman–Crippen MR) is 325 cm³/mol. The van der Waals surface area contributed by atoms with Crippen LogP contribution in [0.25, 0.3) is 0 Å². The number of aliphatic hydroxyl groups is 2. The van der Waals surface area contributed by atoms with Crippen LogP contribution in [-0.4, -0.2) is 197 Å². The monoisotopic (exact) mass is 1290 g/mol. The molecule has 9 atom stereocenters. The number of aliphatic hydroxyl groups excluding tert-OH is 2. The molecule has 32 nitrogen and oxygen atoms in total. The Balaban J connectivity index is 3.32. The summed E-state index contributed by atoms with van der Waals surface area (Å²) in [4.78, 5) is 183. The lowest BCUT2D eigenvalue weighted by Gasteiger charge is -2.27. The number of rotatable bonds is 41. The summed E-state index contributed by atoms with van der Waals surface area (Å²) in [5, 5.41) is 55.5. The summed E-state index contributed by atoms with van der Waals surface area (Å²) in [5.41, 5.74) is 4.70. The first-order chi connectivity index (χ1) is 42.2. The van der Waals surface area contributed by atoms with Gasteiger partial charge in [-0.05, 0) is 96.8 Å². The molecule has 0 fully saturated rings. The normalized spacial score (nSPS) is 13.9. The highest BCUT2D eigenvalue weighted by molar-refractivity contribution is 7.96. The molecule has 0 radical (unpaired) electrons. The number of hydrogen-bond donors (Lipinski definition) is 16. The van der Waals surface area contributed by atoms with Gasteiger partial charge in [0.05, 0.1) is 25.8 Å². The van der Waals surface area contributed by atoms with Gasteiger partial charge in [0.25, 0.3) is 0 Å². The van der Waals surface area contributed by atoms with Gasteiger partial charge in [0.2, 0.25) is 64.2 Å². The number of benzene rings is 1. The van der Waals surface area contributed by atoms with Gasteiger partial charge in [0, 0.05) is 25.8 Å². The molecule has 0 aromatic heterocycles. The van der Waals surface area contributed by atoms with Crippen LogP contribution in [0.4, 0.5) is 9.59 Å². The van der Waals surface area contributed by atoms with Gasteiger partial charge in [-0.3, -0.25) is 57.5 Å². The highest BCUT2D eigenvalue weighted by atomic mass is 32.1. The Labute approximate surface area is 526 Å². The number of esters is 1. The van der Waals surface area contributed by atoms with Gasteiger partial charge in [-0.25, -0.2) is 9.59 Å². The maximum Gasteiger partial charge on any atom is 0.408 e. The number of phenolic OH excluding ortho intramolecular Hbond substituents is 1. The number of thiol groups is 1. The Kier molecular flexibility index (Phi) is 36.4. The zero-order valence-electron chi connectivity index (χ0n) is 51.6. The second-order valence-corrected chi connectivity index (χ2v) is 22.3. The average molecular weight is 1290 g/mol. The van der Waals surface area contributed by atoms with E-state index in [0.29, 0.717) is 18.4 Å². The minimum absolute atomic E-state index is 0.0159. The molecule has 0 aliphatic rings. The molecule has 0 saturated heterocycles. The van der Waals surface area contributed by atoms with E-state index in [2.05, 4.69) is 84.3 Å². The molecule has 0 bridgehead atoms. The standard InChI is InChI=1S/C57H88N12O20S/c1-10-24-87-45(75)22-20-36(48(78)60-28-44(74)63-37(19-21-43(58)73)49(79)62-32(5)46(76)61-33(6)47(77)65-38(54(84)90)14-12-13-23-59-55(85)88-25-11-2)64-50(80)39(26-31(3)4)66-51(81)40(27-34-15-17-35(72)18-16-34)67-52(82)41(29-70)68-53(83)42(30-71)69-56(86)89-57(7,8)9/h10-11,15-18,31-33,36-42,70-72H,1-2,12-14,19-30H2,3-9H3,(H2,58,73)(H,59,85)(H,60,78)(H,61,76)(H,62,79)(H,63,74)(H,64,80)(H,65,77)(H,66,81)(H,67,82)(H,68,83)(H,69,86)(H,84,90)/t32-,33-,36-,37-,38-,39-,40-,41-,42-/m0/s1. The number of unbranched alkanes of at least 4 members (excludes halogenated alkanes) is 1. The van der Waals surface area contributed by atoms with Crippen molar-refractivity contribution in [3.8, 4) is 5.75 Å². The summed E-state index contributed by atoms with van der Waals surface area (Å²) in [7, 11) is 0. The number of carbonyl (C=O) groups is 14. The molecule has 0 aliphatic heterocycles. The Morgan fingerprint density at radius 3 is 1.59 bits per heavy atom. The van der Waals surface area contributed by atoms with Gasteiger partial charge < -0.3 is 93.7 Å². The molecular weight excluding hydrogens is 1200 g/mol. The van der Waals surface area contributed by atoms with E-state index in [1.165, 1.54) is 50.3 Å². The lowest BCUT2D eigenvalue weighted by molar-refractivity contribution is -0.143. The smallest absolute Gasteiger partial charge is 0.408 e. The van der Waals surface area contributed by atoms with Gasteiger partial charge in [-0.2, -0.15) is 0 Å². The van der Waals surface area contributed by atoms with E-state index in [-0.39, 0.29) is 50.7 Å². The summed E-state index contributed by atoms with van der Waals surface area (Å²) in [6, 6.07) is -8.03. The number of carbonyl (C=O) groups excluding carboxylic acids is 14. The van der Waals surface area contributed by atoms with Crippen molar-refractivity contribution in [2.24, 2.45) is 11.7 Å². The maximum atomic E-state index is 14.3. The third kappa shape index (κ3) is 32.9. The van der Waals surface area contributed by atoms with Crippen LogP contribution in [0.1, 0.15) is 105 Å². The van der Waals surface area contributed by atoms with Crippen LogP contribution in [0, 0.1) is 5.92 Å². The summed E-state index contributed by atoms with van der Waals surface area (Å²) >= 11 is 3.84. The number of amides is 12. The highest BCUT2D eigenvalue weighted by Crippen LogP contribution is 2.14. The van der Waals surface area contributed by atoms with E-state index >= 15 is 0 Å². The van der Waals surface area contributed by atoms with Crippen molar-refractivity contribution >= 4 is 95.0 Å². The summed E-state index contributed by atoms with van der Waals surface area (Å²) in [6.07, 6.45) is -0.395. The molecule has 90 heavy (non-hydrogen) atoms. The molecule has 502 valence electrons. The van der Waals surface area contributed by atoms with Crippen LogP contribution < -0.4 is 64.2 Å². The number of alkyl carbamates (subject to hydrolysis) is 2. The second kappa shape index (κ2) is 41.4. The van der Waals surface area contributed by atoms with Gasteiger partial charge in [0.1, 0.15) is 72.9 Å². The molecule has 0 saturated carbocycles. The number of phenols is 1. The first-order valence-electron chi connectivity index (χ1n) is 28.7. The van der Waals surface area contributed by atoms with Crippen molar-refractivity contribution in [1.82, 2.24) is 58.5 Å². The second-order valence-electron chi connectivity index (χ2n) is 21.8. The number of ether oxygens (including phenoxy) is 3. The average Bonchev–Trinajstić information content (AvgIpc) is 1.67. The molecule has 16 N–H and O–H groups in total. The van der Waals surface area contributed by atoms with Crippen molar-refractivity contribution in [1.29, 1.82) is 0 Å². The van der Waals surface area contributed by atoms with Gasteiger partial charge in [-0.15, -0.1) is 12.6 Å². The van der Waals surface area contributed by atoms with Gasteiger partial charge >= 0.3 is 18.2 Å². The fourth-order valence-electron chi connectivity index (χ4n) is 7.74. The summed E-state index contributed by atoms with van der Waals surface area (Å²) < 4.78 is 15.0. The topological polar surface area (TPSA) is 486 Å². The van der Waals surface area contributed by atoms with E-state index in [1.807, 2.05) is 0 Å². The molecule has 12 amide bonds. The maximum absolute atomic E-state index is 14.3. The number of nitrogens with one attached hydrogen (secondary N) is 11. The molecule has 0 spiro atoms. The van der Waals surface area contributed by atoms with Crippen LogP contribution >= 0.6 is 12.6 Å². The largest absolute Gasteiger partial charge is 0.508 e. The third-order valence-electron chi connectivity index (χ3n) is 12.4.